The maximum absolute atomic E-state index is 7.67. The van der Waals surface area contributed by atoms with Crippen molar-refractivity contribution >= 4 is 6.02 Å². The van der Waals surface area contributed by atoms with Crippen molar-refractivity contribution in [3.8, 4) is 11.1 Å². The zero-order valence-electron chi connectivity index (χ0n) is 12.9. The fraction of sp³-hybridized carbons (Fsp3) is 0.353. The lowest BCUT2D eigenvalue weighted by molar-refractivity contribution is 0.308. The predicted molar refractivity (Wildman–Crippen MR) is 85.8 cm³/mol. The second kappa shape index (κ2) is 6.13. The van der Waals surface area contributed by atoms with Gasteiger partial charge in [0.1, 0.15) is 12.9 Å². The van der Waals surface area contributed by atoms with Crippen LogP contribution in [0, 0.1) is 12.3 Å². The molecule has 2 heterocycles. The summed E-state index contributed by atoms with van der Waals surface area (Å²) in [7, 11) is 1.92. The quantitative estimate of drug-likeness (QED) is 0.942. The highest BCUT2D eigenvalue weighted by molar-refractivity contribution is 5.72. The summed E-state index contributed by atoms with van der Waals surface area (Å²) in [5, 5.41) is 7.67. The molecule has 1 aromatic carbocycles. The molecule has 1 fully saturated rings. The Balaban J connectivity index is 1.83. The van der Waals surface area contributed by atoms with Crippen LogP contribution in [0.5, 0.6) is 0 Å². The zero-order valence-corrected chi connectivity index (χ0v) is 12.9. The van der Waals surface area contributed by atoms with E-state index in [0.717, 1.165) is 18.4 Å². The van der Waals surface area contributed by atoms with Gasteiger partial charge in [-0.3, -0.25) is 5.41 Å². The molecular formula is C17H20N4O. The van der Waals surface area contributed by atoms with Crippen LogP contribution in [0.1, 0.15) is 17.5 Å². The van der Waals surface area contributed by atoms with Crippen LogP contribution >= 0.6 is 0 Å². The molecular weight excluding hydrogens is 276 g/mol. The van der Waals surface area contributed by atoms with E-state index in [1.807, 2.05) is 24.3 Å². The van der Waals surface area contributed by atoms with Crippen LogP contribution in [0.2, 0.25) is 0 Å². The zero-order chi connectivity index (χ0) is 15.5. The van der Waals surface area contributed by atoms with Gasteiger partial charge in [-0.2, -0.15) is 0 Å². The molecule has 0 bridgehead atoms. The van der Waals surface area contributed by atoms with Gasteiger partial charge in [-0.15, -0.1) is 0 Å². The molecule has 1 aliphatic heterocycles. The predicted octanol–water partition coefficient (Wildman–Crippen LogP) is 2.65. The number of aromatic nitrogens is 2. The van der Waals surface area contributed by atoms with Gasteiger partial charge in [-0.25, -0.2) is 9.97 Å². The number of ether oxygens (including phenoxy) is 1. The van der Waals surface area contributed by atoms with Gasteiger partial charge in [0.25, 0.3) is 6.02 Å². The van der Waals surface area contributed by atoms with Crippen LogP contribution in [0.15, 0.2) is 36.9 Å². The molecule has 1 aliphatic rings. The molecule has 1 N–H and O–H groups in total. The standard InChI is InChI=1S/C17H20N4O/c1-12-4-3-5-16(13-8-19-11-20-9-13)15(12)7-6-14-10-22-17(18)21(14)2/h3-5,8-9,11,14,18H,6-7,10H2,1-2H3/t14-/m0/s1. The summed E-state index contributed by atoms with van der Waals surface area (Å²) < 4.78 is 5.30. The average Bonchev–Trinajstić information content (AvgIpc) is 2.86. The van der Waals surface area contributed by atoms with Crippen LogP contribution < -0.4 is 0 Å². The summed E-state index contributed by atoms with van der Waals surface area (Å²) in [5.74, 6) is 0. The minimum Gasteiger partial charge on any atom is -0.463 e. The van der Waals surface area contributed by atoms with Gasteiger partial charge in [0, 0.05) is 25.0 Å². The van der Waals surface area contributed by atoms with Crippen LogP contribution in [0.3, 0.4) is 0 Å². The molecule has 0 aliphatic carbocycles. The van der Waals surface area contributed by atoms with Gasteiger partial charge in [0.2, 0.25) is 0 Å². The number of nitrogens with one attached hydrogen (secondary N) is 1. The molecule has 1 saturated heterocycles. The third-order valence-electron chi connectivity index (χ3n) is 4.29. The third-order valence-corrected chi connectivity index (χ3v) is 4.29. The molecule has 0 unspecified atom stereocenters. The van der Waals surface area contributed by atoms with Crippen molar-refractivity contribution in [2.75, 3.05) is 13.7 Å². The minimum absolute atomic E-state index is 0.270. The van der Waals surface area contributed by atoms with E-state index >= 15 is 0 Å². The van der Waals surface area contributed by atoms with E-state index in [1.54, 1.807) is 6.33 Å². The first-order chi connectivity index (χ1) is 10.7. The molecule has 2 aromatic rings. The molecule has 3 rings (SSSR count). The lowest BCUT2D eigenvalue weighted by Crippen LogP contribution is -2.30. The van der Waals surface area contributed by atoms with Gasteiger partial charge in [0.15, 0.2) is 0 Å². The number of amidine groups is 1. The van der Waals surface area contributed by atoms with Crippen molar-refractivity contribution in [2.45, 2.75) is 25.8 Å². The molecule has 0 radical (unpaired) electrons. The second-order valence-electron chi connectivity index (χ2n) is 5.65. The Bertz CT molecular complexity index is 672. The van der Waals surface area contributed by atoms with E-state index in [-0.39, 0.29) is 12.1 Å². The Morgan fingerprint density at radius 1 is 1.32 bits per heavy atom. The summed E-state index contributed by atoms with van der Waals surface area (Å²) in [6.07, 6.45) is 7.17. The van der Waals surface area contributed by atoms with Gasteiger partial charge in [0.05, 0.1) is 6.04 Å². The number of rotatable bonds is 4. The summed E-state index contributed by atoms with van der Waals surface area (Å²) in [5.41, 5.74) is 4.84. The fourth-order valence-electron chi connectivity index (χ4n) is 2.89. The largest absolute Gasteiger partial charge is 0.463 e. The van der Waals surface area contributed by atoms with E-state index in [0.29, 0.717) is 6.61 Å². The van der Waals surface area contributed by atoms with Gasteiger partial charge in [-0.05, 0) is 36.5 Å². The Labute approximate surface area is 130 Å². The molecule has 1 aromatic heterocycles. The third kappa shape index (κ3) is 2.79. The van der Waals surface area contributed by atoms with Gasteiger partial charge < -0.3 is 9.64 Å². The lowest BCUT2D eigenvalue weighted by Gasteiger charge is -2.19. The van der Waals surface area contributed by atoms with Crippen molar-refractivity contribution in [1.82, 2.24) is 14.9 Å². The number of benzene rings is 1. The highest BCUT2D eigenvalue weighted by Gasteiger charge is 2.26. The van der Waals surface area contributed by atoms with E-state index in [2.05, 4.69) is 35.1 Å². The summed E-state index contributed by atoms with van der Waals surface area (Å²) in [6, 6.07) is 6.87. The Kier molecular flexibility index (Phi) is 4.04. The van der Waals surface area contributed by atoms with Crippen LogP contribution in [-0.4, -0.2) is 40.6 Å². The highest BCUT2D eigenvalue weighted by atomic mass is 16.5. The normalized spacial score (nSPS) is 17.6. The maximum atomic E-state index is 7.67. The van der Waals surface area contributed by atoms with E-state index in [1.165, 1.54) is 16.7 Å². The van der Waals surface area contributed by atoms with Crippen LogP contribution in [-0.2, 0) is 11.2 Å². The maximum Gasteiger partial charge on any atom is 0.284 e. The second-order valence-corrected chi connectivity index (χ2v) is 5.65. The number of hydrogen-bond acceptors (Lipinski definition) is 4. The SMILES string of the molecule is Cc1cccc(-c2cncnc2)c1CC[C@H]1COC(=N)N1C. The molecule has 1 atom stereocenters. The Hall–Kier alpha value is -2.43. The topological polar surface area (TPSA) is 62.1 Å². The molecule has 5 nitrogen and oxygen atoms in total. The lowest BCUT2D eigenvalue weighted by atomic mass is 9.93. The first kappa shape index (κ1) is 14.5. The molecule has 114 valence electrons. The number of aryl methyl sites for hydroxylation is 1. The van der Waals surface area contributed by atoms with Gasteiger partial charge in [-0.1, -0.05) is 18.2 Å². The molecule has 5 heteroatoms. The fourth-order valence-corrected chi connectivity index (χ4v) is 2.89. The van der Waals surface area contributed by atoms with Gasteiger partial charge >= 0.3 is 0 Å². The van der Waals surface area contributed by atoms with Crippen LogP contribution in [0.25, 0.3) is 11.1 Å². The number of likely N-dealkylation sites (N-methyl/N-ethyl adjacent to an activating group) is 1. The van der Waals surface area contributed by atoms with E-state index in [4.69, 9.17) is 10.1 Å². The highest BCUT2D eigenvalue weighted by Crippen LogP contribution is 2.27. The summed E-state index contributed by atoms with van der Waals surface area (Å²) in [6.45, 7) is 2.74. The van der Waals surface area contributed by atoms with Crippen molar-refractivity contribution in [1.29, 1.82) is 5.41 Å². The molecule has 0 amide bonds. The van der Waals surface area contributed by atoms with E-state index < -0.39 is 0 Å². The number of nitrogens with zero attached hydrogens (tertiary/aromatic N) is 3. The molecule has 0 spiro atoms. The van der Waals surface area contributed by atoms with Crippen molar-refractivity contribution in [3.63, 3.8) is 0 Å². The van der Waals surface area contributed by atoms with Crippen molar-refractivity contribution in [3.05, 3.63) is 48.0 Å². The monoisotopic (exact) mass is 296 g/mol. The van der Waals surface area contributed by atoms with E-state index in [9.17, 15) is 0 Å². The summed E-state index contributed by atoms with van der Waals surface area (Å²) >= 11 is 0. The Morgan fingerprint density at radius 2 is 2.09 bits per heavy atom. The molecule has 22 heavy (non-hydrogen) atoms. The average molecular weight is 296 g/mol. The van der Waals surface area contributed by atoms with Crippen molar-refractivity contribution < 1.29 is 4.74 Å². The Morgan fingerprint density at radius 3 is 2.77 bits per heavy atom. The smallest absolute Gasteiger partial charge is 0.284 e. The van der Waals surface area contributed by atoms with Crippen LogP contribution in [0.4, 0.5) is 0 Å². The first-order valence-corrected chi connectivity index (χ1v) is 7.45. The molecule has 0 saturated carbocycles. The summed E-state index contributed by atoms with van der Waals surface area (Å²) in [4.78, 5) is 10.2. The minimum atomic E-state index is 0.270. The van der Waals surface area contributed by atoms with Crippen molar-refractivity contribution in [2.24, 2.45) is 0 Å². The first-order valence-electron chi connectivity index (χ1n) is 7.45. The number of hydrogen-bond donors (Lipinski definition) is 1.